The van der Waals surface area contributed by atoms with Gasteiger partial charge in [0.15, 0.2) is 5.15 Å². The molecule has 1 radical (unpaired) electrons. The Kier molecular flexibility index (Phi) is 5.55. The van der Waals surface area contributed by atoms with Gasteiger partial charge in [-0.1, -0.05) is 31.9 Å². The third-order valence-corrected chi connectivity index (χ3v) is 3.68. The topological polar surface area (TPSA) is 51.0 Å². The van der Waals surface area contributed by atoms with Crippen LogP contribution in [0.25, 0.3) is 5.69 Å². The highest BCUT2D eigenvalue weighted by molar-refractivity contribution is 6.32. The minimum absolute atomic E-state index is 0.0250. The summed E-state index contributed by atoms with van der Waals surface area (Å²) in [6.45, 7) is 6.38. The molecule has 0 aliphatic carbocycles. The van der Waals surface area contributed by atoms with Crippen LogP contribution in [0.3, 0.4) is 0 Å². The van der Waals surface area contributed by atoms with Crippen LogP contribution in [0.15, 0.2) is 30.7 Å². The first-order chi connectivity index (χ1) is 10.6. The summed E-state index contributed by atoms with van der Waals surface area (Å²) in [4.78, 5) is 18.3. The fourth-order valence-corrected chi connectivity index (χ4v) is 2.52. The van der Waals surface area contributed by atoms with Crippen molar-refractivity contribution in [1.29, 1.82) is 0 Å². The number of carbonyl (C=O) groups excluding carboxylic acids is 1. The van der Waals surface area contributed by atoms with Crippen molar-refractivity contribution in [3.8, 4) is 5.69 Å². The molecular weight excluding hydrogens is 300 g/mol. The molecule has 0 spiro atoms. The van der Waals surface area contributed by atoms with Crippen LogP contribution in [-0.4, -0.2) is 27.2 Å². The lowest BCUT2D eigenvalue weighted by Crippen LogP contribution is -2.35. The normalized spacial score (nSPS) is 12.2. The van der Waals surface area contributed by atoms with Gasteiger partial charge in [0.1, 0.15) is 5.69 Å². The van der Waals surface area contributed by atoms with Gasteiger partial charge in [0.05, 0.1) is 18.1 Å². The van der Waals surface area contributed by atoms with Crippen molar-refractivity contribution in [2.45, 2.75) is 27.2 Å². The van der Waals surface area contributed by atoms with Gasteiger partial charge < -0.3 is 4.90 Å². The zero-order valence-corrected chi connectivity index (χ0v) is 13.8. The van der Waals surface area contributed by atoms with E-state index in [-0.39, 0.29) is 11.8 Å². The lowest BCUT2D eigenvalue weighted by Gasteiger charge is -2.23. The van der Waals surface area contributed by atoms with Gasteiger partial charge in [-0.25, -0.2) is 4.68 Å². The number of nitrogens with zero attached hydrogens (tertiary/aromatic N) is 4. The molecule has 1 amide bonds. The van der Waals surface area contributed by atoms with E-state index in [4.69, 9.17) is 11.6 Å². The number of hydrogen-bond acceptors (Lipinski definition) is 3. The predicted molar refractivity (Wildman–Crippen MR) is 88.2 cm³/mol. The molecule has 0 aliphatic heterocycles. The Balaban J connectivity index is 2.31. The minimum Gasteiger partial charge on any atom is -0.308 e. The van der Waals surface area contributed by atoms with E-state index in [0.29, 0.717) is 17.4 Å². The molecule has 0 aliphatic rings. The number of carbonyl (C=O) groups is 1. The maximum Gasteiger partial charge on any atom is 0.230 e. The Bertz CT molecular complexity index is 626. The van der Waals surface area contributed by atoms with Crippen LogP contribution in [0.4, 0.5) is 5.69 Å². The summed E-state index contributed by atoms with van der Waals surface area (Å²) in [5.41, 5.74) is 1.42. The van der Waals surface area contributed by atoms with Gasteiger partial charge in [0.2, 0.25) is 5.91 Å². The van der Waals surface area contributed by atoms with Crippen LogP contribution in [-0.2, 0) is 4.79 Å². The van der Waals surface area contributed by atoms with Crippen LogP contribution < -0.4 is 4.90 Å². The molecule has 2 rings (SSSR count). The fraction of sp³-hybridized carbons (Fsp3) is 0.375. The van der Waals surface area contributed by atoms with Gasteiger partial charge in [0, 0.05) is 18.7 Å². The number of halogens is 1. The largest absolute Gasteiger partial charge is 0.308 e. The number of anilines is 1. The van der Waals surface area contributed by atoms with Crippen LogP contribution in [0.5, 0.6) is 0 Å². The Morgan fingerprint density at radius 2 is 2.27 bits per heavy atom. The van der Waals surface area contributed by atoms with Crippen LogP contribution in [0.2, 0.25) is 5.15 Å². The van der Waals surface area contributed by atoms with E-state index in [2.05, 4.69) is 10.1 Å². The number of hydrogen-bond donors (Lipinski definition) is 0. The molecule has 117 valence electrons. The summed E-state index contributed by atoms with van der Waals surface area (Å²) in [6, 6.07) is 3.71. The molecule has 0 saturated carbocycles. The number of rotatable bonds is 6. The number of pyridine rings is 1. The van der Waals surface area contributed by atoms with Gasteiger partial charge >= 0.3 is 0 Å². The number of aromatic nitrogens is 3. The predicted octanol–water partition coefficient (Wildman–Crippen LogP) is 3.52. The SMILES string of the molecule is CC[CH][C@H](C)C(=O)N(CC)c1cn(-c2cccnc2)nc1Cl. The summed E-state index contributed by atoms with van der Waals surface area (Å²) < 4.78 is 1.63. The highest BCUT2D eigenvalue weighted by Gasteiger charge is 2.24. The molecule has 5 nitrogen and oxygen atoms in total. The second-order valence-electron chi connectivity index (χ2n) is 4.98. The van der Waals surface area contributed by atoms with Gasteiger partial charge in [-0.15, -0.1) is 0 Å². The molecule has 0 bridgehead atoms. The van der Waals surface area contributed by atoms with E-state index in [9.17, 15) is 4.79 Å². The van der Waals surface area contributed by atoms with Gasteiger partial charge in [-0.3, -0.25) is 9.78 Å². The molecule has 2 aromatic heterocycles. The molecule has 0 aromatic carbocycles. The van der Waals surface area contributed by atoms with Gasteiger partial charge in [-0.05, 0) is 25.5 Å². The van der Waals surface area contributed by atoms with Crippen molar-refractivity contribution in [1.82, 2.24) is 14.8 Å². The lowest BCUT2D eigenvalue weighted by molar-refractivity contribution is -0.121. The summed E-state index contributed by atoms with van der Waals surface area (Å²) >= 11 is 6.24. The summed E-state index contributed by atoms with van der Waals surface area (Å²) in [7, 11) is 0. The highest BCUT2D eigenvalue weighted by Crippen LogP contribution is 2.27. The molecule has 0 saturated heterocycles. The van der Waals surface area contributed by atoms with E-state index in [0.717, 1.165) is 12.1 Å². The van der Waals surface area contributed by atoms with Crippen LogP contribution in [0, 0.1) is 12.3 Å². The molecular formula is C16H20ClN4O. The summed E-state index contributed by atoms with van der Waals surface area (Å²) in [6.07, 6.45) is 8.00. The third-order valence-electron chi connectivity index (χ3n) is 3.41. The van der Waals surface area contributed by atoms with E-state index in [1.165, 1.54) is 0 Å². The standard InChI is InChI=1S/C16H20ClN4O/c1-4-7-12(3)16(22)20(5-2)14-11-21(19-15(14)17)13-8-6-9-18-10-13/h6-12H,4-5H2,1-3H3/t12-/m0/s1. The Labute approximate surface area is 135 Å². The smallest absolute Gasteiger partial charge is 0.230 e. The average molecular weight is 320 g/mol. The second kappa shape index (κ2) is 7.40. The van der Waals surface area contributed by atoms with Crippen molar-refractivity contribution in [2.75, 3.05) is 11.4 Å². The first-order valence-corrected chi connectivity index (χ1v) is 7.76. The lowest BCUT2D eigenvalue weighted by atomic mass is 10.0. The molecule has 0 fully saturated rings. The Morgan fingerprint density at radius 1 is 1.50 bits per heavy atom. The zero-order chi connectivity index (χ0) is 16.1. The number of amides is 1. The first-order valence-electron chi connectivity index (χ1n) is 7.38. The quantitative estimate of drug-likeness (QED) is 0.818. The molecule has 2 heterocycles. The summed E-state index contributed by atoms with van der Waals surface area (Å²) in [5.74, 6) is -0.125. The fourth-order valence-electron chi connectivity index (χ4n) is 2.29. The Hall–Kier alpha value is -1.88. The Morgan fingerprint density at radius 3 is 2.86 bits per heavy atom. The maximum atomic E-state index is 12.5. The molecule has 0 unspecified atom stereocenters. The van der Waals surface area contributed by atoms with E-state index >= 15 is 0 Å². The molecule has 22 heavy (non-hydrogen) atoms. The molecule has 6 heteroatoms. The van der Waals surface area contributed by atoms with Crippen molar-refractivity contribution < 1.29 is 4.79 Å². The van der Waals surface area contributed by atoms with E-state index in [1.54, 1.807) is 28.2 Å². The van der Waals surface area contributed by atoms with Crippen molar-refractivity contribution in [3.05, 3.63) is 42.3 Å². The average Bonchev–Trinajstić information content (AvgIpc) is 2.91. The first kappa shape index (κ1) is 16.5. The van der Waals surface area contributed by atoms with Crippen LogP contribution >= 0.6 is 11.6 Å². The van der Waals surface area contributed by atoms with Crippen molar-refractivity contribution in [3.63, 3.8) is 0 Å². The third kappa shape index (κ3) is 3.47. The monoisotopic (exact) mass is 319 g/mol. The zero-order valence-electron chi connectivity index (χ0n) is 13.0. The maximum absolute atomic E-state index is 12.5. The van der Waals surface area contributed by atoms with Crippen molar-refractivity contribution in [2.24, 2.45) is 5.92 Å². The molecule has 1 atom stereocenters. The van der Waals surface area contributed by atoms with Gasteiger partial charge in [-0.2, -0.15) is 5.10 Å². The van der Waals surface area contributed by atoms with Gasteiger partial charge in [0.25, 0.3) is 0 Å². The van der Waals surface area contributed by atoms with E-state index in [1.807, 2.05) is 39.3 Å². The molecule has 2 aromatic rings. The second-order valence-corrected chi connectivity index (χ2v) is 5.33. The summed E-state index contributed by atoms with van der Waals surface area (Å²) in [5, 5.41) is 4.58. The highest BCUT2D eigenvalue weighted by atomic mass is 35.5. The van der Waals surface area contributed by atoms with Crippen LogP contribution in [0.1, 0.15) is 27.2 Å². The van der Waals surface area contributed by atoms with Crippen molar-refractivity contribution >= 4 is 23.2 Å². The van der Waals surface area contributed by atoms with E-state index < -0.39 is 0 Å². The molecule has 0 N–H and O–H groups in total. The minimum atomic E-state index is -0.150.